The number of piperazine rings is 1. The maximum absolute atomic E-state index is 5.10. The highest BCUT2D eigenvalue weighted by molar-refractivity contribution is 5.44. The second-order valence-corrected chi connectivity index (χ2v) is 5.50. The highest BCUT2D eigenvalue weighted by atomic mass is 16.5. The summed E-state index contributed by atoms with van der Waals surface area (Å²) < 4.78 is 10.2. The molecular weight excluding hydrogens is 308 g/mol. The number of nitrogens with zero attached hydrogens (tertiary/aromatic N) is 6. The highest BCUT2D eigenvalue weighted by Gasteiger charge is 2.19. The molecule has 0 saturated carbocycles. The van der Waals surface area contributed by atoms with Gasteiger partial charge in [-0.1, -0.05) is 0 Å². The summed E-state index contributed by atoms with van der Waals surface area (Å²) in [4.78, 5) is 22.0. The standard InChI is InChI=1S/C16H22N6O2/c1-23-11-13-17-5-3-15(19-13)21-7-9-22(10-8-21)16-4-6-18-14(20-16)12-24-2/h3-6H,7-12H2,1-2H3. The van der Waals surface area contributed by atoms with Crippen LogP contribution in [0.5, 0.6) is 0 Å². The van der Waals surface area contributed by atoms with Crippen molar-refractivity contribution in [2.45, 2.75) is 13.2 Å². The molecule has 0 unspecified atom stereocenters. The molecule has 1 aliphatic heterocycles. The van der Waals surface area contributed by atoms with Crippen LogP contribution in [0.4, 0.5) is 11.6 Å². The zero-order valence-electron chi connectivity index (χ0n) is 14.1. The molecule has 1 fully saturated rings. The molecule has 3 heterocycles. The fourth-order valence-electron chi connectivity index (χ4n) is 2.69. The molecule has 2 aromatic rings. The third-order valence-corrected chi connectivity index (χ3v) is 3.86. The molecule has 0 amide bonds. The lowest BCUT2D eigenvalue weighted by Gasteiger charge is -2.36. The van der Waals surface area contributed by atoms with Crippen molar-refractivity contribution in [3.8, 4) is 0 Å². The van der Waals surface area contributed by atoms with E-state index in [4.69, 9.17) is 9.47 Å². The number of methoxy groups -OCH3 is 2. The number of aromatic nitrogens is 4. The van der Waals surface area contributed by atoms with E-state index in [1.165, 1.54) is 0 Å². The van der Waals surface area contributed by atoms with Crippen LogP contribution in [0.25, 0.3) is 0 Å². The molecule has 0 aliphatic carbocycles. The second-order valence-electron chi connectivity index (χ2n) is 5.50. The predicted molar refractivity (Wildman–Crippen MR) is 89.9 cm³/mol. The first-order valence-corrected chi connectivity index (χ1v) is 7.92. The Morgan fingerprint density at radius 2 is 1.21 bits per heavy atom. The van der Waals surface area contributed by atoms with E-state index in [9.17, 15) is 0 Å². The van der Waals surface area contributed by atoms with Gasteiger partial charge in [0, 0.05) is 52.8 Å². The van der Waals surface area contributed by atoms with Gasteiger partial charge in [0.1, 0.15) is 24.8 Å². The molecule has 128 valence electrons. The Labute approximate surface area is 141 Å². The third kappa shape index (κ3) is 3.95. The van der Waals surface area contributed by atoms with Gasteiger partial charge in [0.25, 0.3) is 0 Å². The van der Waals surface area contributed by atoms with Gasteiger partial charge in [-0.2, -0.15) is 0 Å². The van der Waals surface area contributed by atoms with Gasteiger partial charge in [-0.15, -0.1) is 0 Å². The van der Waals surface area contributed by atoms with Crippen molar-refractivity contribution in [3.63, 3.8) is 0 Å². The molecule has 0 bridgehead atoms. The normalized spacial score (nSPS) is 14.9. The average Bonchev–Trinajstić information content (AvgIpc) is 2.63. The van der Waals surface area contributed by atoms with E-state index in [1.807, 2.05) is 12.1 Å². The summed E-state index contributed by atoms with van der Waals surface area (Å²) in [5, 5.41) is 0. The van der Waals surface area contributed by atoms with Crippen LogP contribution in [0.3, 0.4) is 0 Å². The summed E-state index contributed by atoms with van der Waals surface area (Å²) >= 11 is 0. The third-order valence-electron chi connectivity index (χ3n) is 3.86. The molecule has 3 rings (SSSR count). The van der Waals surface area contributed by atoms with Crippen LogP contribution in [0.1, 0.15) is 11.6 Å². The Kier molecular flexibility index (Phi) is 5.50. The highest BCUT2D eigenvalue weighted by Crippen LogP contribution is 2.17. The predicted octanol–water partition coefficient (Wildman–Crippen LogP) is 0.886. The summed E-state index contributed by atoms with van der Waals surface area (Å²) in [6.07, 6.45) is 3.56. The van der Waals surface area contributed by atoms with Crippen LogP contribution < -0.4 is 9.80 Å². The number of hydrogen-bond acceptors (Lipinski definition) is 8. The van der Waals surface area contributed by atoms with E-state index in [2.05, 4.69) is 29.7 Å². The van der Waals surface area contributed by atoms with Crippen molar-refractivity contribution in [1.29, 1.82) is 0 Å². The maximum atomic E-state index is 5.10. The Morgan fingerprint density at radius 3 is 1.58 bits per heavy atom. The first kappa shape index (κ1) is 16.5. The lowest BCUT2D eigenvalue weighted by molar-refractivity contribution is 0.177. The van der Waals surface area contributed by atoms with Crippen molar-refractivity contribution in [2.24, 2.45) is 0 Å². The molecule has 24 heavy (non-hydrogen) atoms. The van der Waals surface area contributed by atoms with Gasteiger partial charge in [-0.25, -0.2) is 19.9 Å². The minimum Gasteiger partial charge on any atom is -0.377 e. The molecule has 1 saturated heterocycles. The van der Waals surface area contributed by atoms with E-state index in [-0.39, 0.29) is 0 Å². The summed E-state index contributed by atoms with van der Waals surface area (Å²) in [6.45, 7) is 4.38. The smallest absolute Gasteiger partial charge is 0.156 e. The van der Waals surface area contributed by atoms with Gasteiger partial charge in [0.15, 0.2) is 11.6 Å². The summed E-state index contributed by atoms with van der Waals surface area (Å²) in [5.41, 5.74) is 0. The molecule has 8 nitrogen and oxygen atoms in total. The number of anilines is 2. The zero-order chi connectivity index (χ0) is 16.8. The van der Waals surface area contributed by atoms with Crippen LogP contribution in [0.2, 0.25) is 0 Å². The topological polar surface area (TPSA) is 76.5 Å². The van der Waals surface area contributed by atoms with Gasteiger partial charge in [-0.3, -0.25) is 0 Å². The number of rotatable bonds is 6. The fraction of sp³-hybridized carbons (Fsp3) is 0.500. The van der Waals surface area contributed by atoms with Crippen molar-refractivity contribution in [1.82, 2.24) is 19.9 Å². The summed E-state index contributed by atoms with van der Waals surface area (Å²) in [6, 6.07) is 3.88. The first-order valence-electron chi connectivity index (χ1n) is 7.92. The van der Waals surface area contributed by atoms with Gasteiger partial charge in [-0.05, 0) is 12.1 Å². The molecule has 0 aromatic carbocycles. The molecule has 8 heteroatoms. The number of ether oxygens (including phenoxy) is 2. The van der Waals surface area contributed by atoms with E-state index in [0.29, 0.717) is 24.9 Å². The quantitative estimate of drug-likeness (QED) is 0.773. The van der Waals surface area contributed by atoms with Gasteiger partial charge < -0.3 is 19.3 Å². The summed E-state index contributed by atoms with van der Waals surface area (Å²) in [7, 11) is 3.29. The van der Waals surface area contributed by atoms with Crippen LogP contribution in [0, 0.1) is 0 Å². The maximum Gasteiger partial charge on any atom is 0.156 e. The number of hydrogen-bond donors (Lipinski definition) is 0. The van der Waals surface area contributed by atoms with Gasteiger partial charge in [0.2, 0.25) is 0 Å². The molecule has 1 aliphatic rings. The van der Waals surface area contributed by atoms with E-state index < -0.39 is 0 Å². The van der Waals surface area contributed by atoms with Crippen molar-refractivity contribution in [3.05, 3.63) is 36.2 Å². The SMILES string of the molecule is COCc1nccc(N2CCN(c3ccnc(COC)n3)CC2)n1. The zero-order valence-corrected chi connectivity index (χ0v) is 14.1. The van der Waals surface area contributed by atoms with E-state index in [0.717, 1.165) is 37.8 Å². The summed E-state index contributed by atoms with van der Waals surface area (Å²) in [5.74, 6) is 3.30. The van der Waals surface area contributed by atoms with Crippen molar-refractivity contribution in [2.75, 3.05) is 50.2 Å². The van der Waals surface area contributed by atoms with Crippen LogP contribution in [-0.2, 0) is 22.7 Å². The Hall–Kier alpha value is -2.32. The van der Waals surface area contributed by atoms with Crippen LogP contribution in [0.15, 0.2) is 24.5 Å². The lowest BCUT2D eigenvalue weighted by atomic mass is 10.3. The second kappa shape index (κ2) is 7.98. The van der Waals surface area contributed by atoms with Gasteiger partial charge >= 0.3 is 0 Å². The monoisotopic (exact) mass is 330 g/mol. The Morgan fingerprint density at radius 1 is 0.792 bits per heavy atom. The molecule has 0 spiro atoms. The Bertz CT molecular complexity index is 603. The van der Waals surface area contributed by atoms with Crippen LogP contribution >= 0.6 is 0 Å². The van der Waals surface area contributed by atoms with E-state index >= 15 is 0 Å². The average molecular weight is 330 g/mol. The molecular formula is C16H22N6O2. The van der Waals surface area contributed by atoms with Crippen LogP contribution in [-0.4, -0.2) is 60.3 Å². The van der Waals surface area contributed by atoms with Crippen molar-refractivity contribution >= 4 is 11.6 Å². The fourth-order valence-corrected chi connectivity index (χ4v) is 2.69. The van der Waals surface area contributed by atoms with Crippen molar-refractivity contribution < 1.29 is 9.47 Å². The first-order chi connectivity index (χ1) is 11.8. The molecule has 0 atom stereocenters. The molecule has 0 N–H and O–H groups in total. The largest absolute Gasteiger partial charge is 0.377 e. The Balaban J connectivity index is 1.63. The molecule has 0 radical (unpaired) electrons. The molecule has 2 aromatic heterocycles. The minimum atomic E-state index is 0.428. The van der Waals surface area contributed by atoms with E-state index in [1.54, 1.807) is 26.6 Å². The van der Waals surface area contributed by atoms with Gasteiger partial charge in [0.05, 0.1) is 0 Å². The minimum absolute atomic E-state index is 0.428. The lowest BCUT2D eigenvalue weighted by Crippen LogP contribution is -2.47.